The number of aromatic nitrogens is 2. The average Bonchev–Trinajstić information content (AvgIpc) is 3.38. The number of rotatable bonds is 4. The molecule has 0 aliphatic carbocycles. The van der Waals surface area contributed by atoms with E-state index in [2.05, 4.69) is 21.3 Å². The Hall–Kier alpha value is -2.71. The Labute approximate surface area is 178 Å². The fourth-order valence-electron chi connectivity index (χ4n) is 4.32. The molecule has 1 N–H and O–H groups in total. The molecule has 0 spiro atoms. The Morgan fingerprint density at radius 1 is 1.23 bits per heavy atom. The van der Waals surface area contributed by atoms with Crippen LogP contribution in [0.4, 0.5) is 5.69 Å². The van der Waals surface area contributed by atoms with Crippen LogP contribution in [0.2, 0.25) is 0 Å². The molecule has 0 unspecified atom stereocenters. The van der Waals surface area contributed by atoms with Gasteiger partial charge in [-0.05, 0) is 30.5 Å². The predicted molar refractivity (Wildman–Crippen MR) is 118 cm³/mol. The molecule has 1 saturated heterocycles. The zero-order valence-corrected chi connectivity index (χ0v) is 17.8. The largest absolute Gasteiger partial charge is 0.378 e. The van der Waals surface area contributed by atoms with Gasteiger partial charge in [0.15, 0.2) is 0 Å². The quantitative estimate of drug-likeness (QED) is 0.696. The van der Waals surface area contributed by atoms with E-state index in [1.165, 1.54) is 11.3 Å². The van der Waals surface area contributed by atoms with Crippen LogP contribution in [-0.2, 0) is 24.2 Å². The van der Waals surface area contributed by atoms with Gasteiger partial charge in [-0.1, -0.05) is 18.2 Å². The van der Waals surface area contributed by atoms with Crippen molar-refractivity contribution in [3.05, 3.63) is 56.4 Å². The zero-order valence-electron chi connectivity index (χ0n) is 16.9. The van der Waals surface area contributed by atoms with Gasteiger partial charge in [0.2, 0.25) is 0 Å². The number of thiophene rings is 1. The summed E-state index contributed by atoms with van der Waals surface area (Å²) in [4.78, 5) is 34.0. The highest BCUT2D eigenvalue weighted by Crippen LogP contribution is 2.29. The van der Waals surface area contributed by atoms with Gasteiger partial charge in [0, 0.05) is 38.3 Å². The predicted octanol–water partition coefficient (Wildman–Crippen LogP) is 2.48. The van der Waals surface area contributed by atoms with Gasteiger partial charge < -0.3 is 15.0 Å². The third kappa shape index (κ3) is 3.30. The Balaban J connectivity index is 1.39. The van der Waals surface area contributed by atoms with Crippen LogP contribution in [0.1, 0.15) is 33.0 Å². The van der Waals surface area contributed by atoms with Gasteiger partial charge in [-0.2, -0.15) is 0 Å². The highest BCUT2D eigenvalue weighted by molar-refractivity contribution is 7.20. The molecule has 0 saturated carbocycles. The van der Waals surface area contributed by atoms with Crippen molar-refractivity contribution in [1.82, 2.24) is 14.9 Å². The minimum absolute atomic E-state index is 0.0158. The van der Waals surface area contributed by atoms with E-state index in [0.29, 0.717) is 41.4 Å². The van der Waals surface area contributed by atoms with Crippen LogP contribution in [-0.4, -0.2) is 41.8 Å². The van der Waals surface area contributed by atoms with Gasteiger partial charge in [-0.15, -0.1) is 11.3 Å². The van der Waals surface area contributed by atoms with Crippen molar-refractivity contribution >= 4 is 33.1 Å². The van der Waals surface area contributed by atoms with Gasteiger partial charge in [-0.3, -0.25) is 14.2 Å². The molecule has 5 rings (SSSR count). The summed E-state index contributed by atoms with van der Waals surface area (Å²) in [5.74, 6) is 0.678. The molecule has 1 aromatic carbocycles. The lowest BCUT2D eigenvalue weighted by Gasteiger charge is -2.30. The molecular formula is C22H24N4O3S. The number of para-hydroxylation sites is 1. The molecule has 156 valence electrons. The summed E-state index contributed by atoms with van der Waals surface area (Å²) in [5.41, 5.74) is 2.92. The summed E-state index contributed by atoms with van der Waals surface area (Å²) in [7, 11) is 0. The Morgan fingerprint density at radius 3 is 2.87 bits per heavy atom. The number of hydrogen-bond acceptors (Lipinski definition) is 6. The van der Waals surface area contributed by atoms with E-state index in [-0.39, 0.29) is 11.5 Å². The van der Waals surface area contributed by atoms with Crippen LogP contribution in [0.25, 0.3) is 10.2 Å². The second-order valence-corrected chi connectivity index (χ2v) is 8.73. The maximum Gasteiger partial charge on any atom is 0.262 e. The van der Waals surface area contributed by atoms with E-state index >= 15 is 0 Å². The number of benzene rings is 1. The van der Waals surface area contributed by atoms with Crippen LogP contribution in [0.15, 0.2) is 29.1 Å². The monoisotopic (exact) mass is 424 g/mol. The molecule has 0 radical (unpaired) electrons. The van der Waals surface area contributed by atoms with Crippen molar-refractivity contribution in [2.45, 2.75) is 32.9 Å². The number of ether oxygens (including phenoxy) is 1. The van der Waals surface area contributed by atoms with E-state index in [9.17, 15) is 9.59 Å². The first kappa shape index (κ1) is 19.3. The maximum atomic E-state index is 13.0. The number of anilines is 1. The number of amides is 1. The van der Waals surface area contributed by atoms with Crippen LogP contribution >= 0.6 is 11.3 Å². The number of nitrogens with one attached hydrogen (secondary N) is 1. The van der Waals surface area contributed by atoms with E-state index in [0.717, 1.165) is 48.6 Å². The van der Waals surface area contributed by atoms with Crippen molar-refractivity contribution < 1.29 is 9.53 Å². The standard InChI is InChI=1S/C22H24N4O3S/c1-14-18-21(24-17-7-4-8-26(17)22(18)28)30-19(14)20(27)23-13-15-5-2-3-6-16(15)25-9-11-29-12-10-25/h2-3,5-6H,4,7-13H2,1H3,(H,23,27). The molecule has 1 fully saturated rings. The molecule has 4 heterocycles. The van der Waals surface area contributed by atoms with Crippen LogP contribution in [0, 0.1) is 6.92 Å². The van der Waals surface area contributed by atoms with Crippen LogP contribution < -0.4 is 15.8 Å². The molecule has 30 heavy (non-hydrogen) atoms. The van der Waals surface area contributed by atoms with Gasteiger partial charge in [0.1, 0.15) is 10.7 Å². The highest BCUT2D eigenvalue weighted by Gasteiger charge is 2.23. The molecule has 3 aromatic rings. The first-order chi connectivity index (χ1) is 14.6. The summed E-state index contributed by atoms with van der Waals surface area (Å²) in [5, 5.41) is 3.64. The van der Waals surface area contributed by atoms with E-state index in [1.807, 2.05) is 25.1 Å². The van der Waals surface area contributed by atoms with Crippen molar-refractivity contribution in [1.29, 1.82) is 0 Å². The average molecular weight is 425 g/mol. The lowest BCUT2D eigenvalue weighted by molar-refractivity contribution is 0.0954. The number of nitrogens with zero attached hydrogens (tertiary/aromatic N) is 3. The van der Waals surface area contributed by atoms with Crippen LogP contribution in [0.3, 0.4) is 0 Å². The smallest absolute Gasteiger partial charge is 0.262 e. The third-order valence-electron chi connectivity index (χ3n) is 5.90. The summed E-state index contributed by atoms with van der Waals surface area (Å²) < 4.78 is 7.21. The fourth-order valence-corrected chi connectivity index (χ4v) is 5.43. The Bertz CT molecular complexity index is 1180. The minimum atomic E-state index is -0.156. The number of fused-ring (bicyclic) bond motifs is 2. The van der Waals surface area contributed by atoms with E-state index in [4.69, 9.17) is 4.74 Å². The SMILES string of the molecule is Cc1c(C(=O)NCc2ccccc2N2CCOCC2)sc2nc3n(c(=O)c12)CCC3. The minimum Gasteiger partial charge on any atom is -0.378 e. The third-order valence-corrected chi connectivity index (χ3v) is 7.08. The Kier molecular flexibility index (Phi) is 5.04. The van der Waals surface area contributed by atoms with Gasteiger partial charge in [0.05, 0.1) is 23.5 Å². The molecule has 7 nitrogen and oxygen atoms in total. The number of carbonyl (C=O) groups excluding carboxylic acids is 1. The highest BCUT2D eigenvalue weighted by atomic mass is 32.1. The second kappa shape index (κ2) is 7.85. The van der Waals surface area contributed by atoms with Crippen molar-refractivity contribution in [3.8, 4) is 0 Å². The summed E-state index contributed by atoms with van der Waals surface area (Å²) >= 11 is 1.32. The lowest BCUT2D eigenvalue weighted by Crippen LogP contribution is -2.37. The zero-order chi connectivity index (χ0) is 20.7. The molecular weight excluding hydrogens is 400 g/mol. The van der Waals surface area contributed by atoms with Crippen molar-refractivity contribution in [2.75, 3.05) is 31.2 Å². The molecule has 0 bridgehead atoms. The molecule has 2 aromatic heterocycles. The number of aryl methyl sites for hydroxylation is 2. The topological polar surface area (TPSA) is 76.5 Å². The molecule has 8 heteroatoms. The van der Waals surface area contributed by atoms with E-state index in [1.54, 1.807) is 4.57 Å². The van der Waals surface area contributed by atoms with E-state index < -0.39 is 0 Å². The first-order valence-corrected chi connectivity index (χ1v) is 11.2. The second-order valence-electron chi connectivity index (χ2n) is 7.74. The molecule has 1 amide bonds. The van der Waals surface area contributed by atoms with Gasteiger partial charge >= 0.3 is 0 Å². The van der Waals surface area contributed by atoms with Crippen molar-refractivity contribution in [2.24, 2.45) is 0 Å². The van der Waals surface area contributed by atoms with Gasteiger partial charge in [-0.25, -0.2) is 4.98 Å². The first-order valence-electron chi connectivity index (χ1n) is 10.3. The molecule has 0 atom stereocenters. The summed E-state index contributed by atoms with van der Waals surface area (Å²) in [6.07, 6.45) is 1.77. The normalized spacial score (nSPS) is 16.1. The fraction of sp³-hybridized carbons (Fsp3) is 0.409. The van der Waals surface area contributed by atoms with Crippen LogP contribution in [0.5, 0.6) is 0 Å². The summed E-state index contributed by atoms with van der Waals surface area (Å²) in [6.45, 7) is 6.12. The molecule has 2 aliphatic heterocycles. The number of hydrogen-bond donors (Lipinski definition) is 1. The lowest BCUT2D eigenvalue weighted by atomic mass is 10.1. The number of morpholine rings is 1. The Morgan fingerprint density at radius 2 is 2.03 bits per heavy atom. The van der Waals surface area contributed by atoms with Crippen molar-refractivity contribution in [3.63, 3.8) is 0 Å². The number of carbonyl (C=O) groups is 1. The molecule has 2 aliphatic rings. The maximum absolute atomic E-state index is 13.0. The summed E-state index contributed by atoms with van der Waals surface area (Å²) in [6, 6.07) is 8.14. The van der Waals surface area contributed by atoms with Gasteiger partial charge in [0.25, 0.3) is 11.5 Å².